The molecule has 0 saturated carbocycles. The molecule has 4 heteroatoms. The molecule has 0 atom stereocenters. The predicted molar refractivity (Wildman–Crippen MR) is 74.3 cm³/mol. The van der Waals surface area contributed by atoms with Crippen LogP contribution in [0.3, 0.4) is 0 Å². The molecular weight excluding hydrogens is 277 g/mol. The summed E-state index contributed by atoms with van der Waals surface area (Å²) >= 11 is 18.3. The quantitative estimate of drug-likeness (QED) is 0.400. The van der Waals surface area contributed by atoms with E-state index >= 15 is 0 Å². The third-order valence-corrected chi connectivity index (χ3v) is 3.47. The number of hydrogen-bond acceptors (Lipinski definition) is 1. The molecule has 3 aromatic rings. The van der Waals surface area contributed by atoms with Crippen LogP contribution in [0.4, 0.5) is 0 Å². The zero-order valence-electron chi connectivity index (χ0n) is 8.55. The highest BCUT2D eigenvalue weighted by atomic mass is 35.5. The fourth-order valence-electron chi connectivity index (χ4n) is 1.94. The Hall–Kier alpha value is -1.02. The lowest BCUT2D eigenvalue weighted by atomic mass is 10.1. The van der Waals surface area contributed by atoms with Crippen LogP contribution in [0.25, 0.3) is 21.7 Å². The van der Waals surface area contributed by atoms with Gasteiger partial charge in [-0.25, -0.2) is 4.98 Å². The highest BCUT2D eigenvalue weighted by Gasteiger charge is 2.09. The number of pyridine rings is 1. The molecular formula is C13H6Cl3N. The van der Waals surface area contributed by atoms with E-state index in [-0.39, 0.29) is 0 Å². The van der Waals surface area contributed by atoms with Gasteiger partial charge in [0.25, 0.3) is 0 Å². The molecule has 1 aromatic heterocycles. The number of benzene rings is 2. The van der Waals surface area contributed by atoms with Gasteiger partial charge in [0.05, 0.1) is 10.5 Å². The van der Waals surface area contributed by atoms with Crippen molar-refractivity contribution in [1.29, 1.82) is 0 Å². The molecule has 0 radical (unpaired) electrons. The van der Waals surface area contributed by atoms with Crippen molar-refractivity contribution in [3.8, 4) is 0 Å². The summed E-state index contributed by atoms with van der Waals surface area (Å²) in [6, 6.07) is 11.3. The van der Waals surface area contributed by atoms with Crippen LogP contribution in [0, 0.1) is 0 Å². The van der Waals surface area contributed by atoms with Gasteiger partial charge in [-0.15, -0.1) is 0 Å². The Balaban J connectivity index is 2.63. The van der Waals surface area contributed by atoms with Gasteiger partial charge in [-0.1, -0.05) is 59.1 Å². The minimum absolute atomic E-state index is 0.456. The fraction of sp³-hybridized carbons (Fsp3) is 0. The average molecular weight is 283 g/mol. The topological polar surface area (TPSA) is 12.9 Å². The Morgan fingerprint density at radius 3 is 2.29 bits per heavy atom. The van der Waals surface area contributed by atoms with Crippen LogP contribution in [-0.2, 0) is 0 Å². The minimum Gasteiger partial charge on any atom is -0.234 e. The lowest BCUT2D eigenvalue weighted by molar-refractivity contribution is 1.44. The number of fused-ring (bicyclic) bond motifs is 3. The maximum absolute atomic E-state index is 6.15. The van der Waals surface area contributed by atoms with Crippen molar-refractivity contribution >= 4 is 56.5 Å². The normalized spacial score (nSPS) is 11.2. The van der Waals surface area contributed by atoms with Gasteiger partial charge in [-0.05, 0) is 17.5 Å². The van der Waals surface area contributed by atoms with Crippen LogP contribution >= 0.6 is 34.8 Å². The average Bonchev–Trinajstić information content (AvgIpc) is 2.31. The van der Waals surface area contributed by atoms with Gasteiger partial charge in [-0.3, -0.25) is 0 Å². The van der Waals surface area contributed by atoms with Crippen LogP contribution in [-0.4, -0.2) is 4.98 Å². The number of nitrogens with zero attached hydrogens (tertiary/aromatic N) is 1. The van der Waals surface area contributed by atoms with Crippen molar-refractivity contribution in [2.24, 2.45) is 0 Å². The molecule has 0 unspecified atom stereocenters. The van der Waals surface area contributed by atoms with Crippen LogP contribution in [0.2, 0.25) is 15.2 Å². The molecule has 0 amide bonds. The van der Waals surface area contributed by atoms with E-state index in [1.807, 2.05) is 30.3 Å². The van der Waals surface area contributed by atoms with Gasteiger partial charge in [0.1, 0.15) is 5.15 Å². The molecule has 3 rings (SSSR count). The van der Waals surface area contributed by atoms with Crippen molar-refractivity contribution in [2.45, 2.75) is 0 Å². The fourth-order valence-corrected chi connectivity index (χ4v) is 2.73. The molecule has 84 valence electrons. The molecule has 0 N–H and O–H groups in total. The lowest BCUT2D eigenvalue weighted by Gasteiger charge is -2.07. The summed E-state index contributed by atoms with van der Waals surface area (Å²) in [5.41, 5.74) is 0.680. The zero-order valence-corrected chi connectivity index (χ0v) is 10.8. The van der Waals surface area contributed by atoms with Crippen LogP contribution in [0.15, 0.2) is 36.4 Å². The number of aromatic nitrogens is 1. The van der Waals surface area contributed by atoms with Crippen molar-refractivity contribution < 1.29 is 0 Å². The van der Waals surface area contributed by atoms with E-state index in [1.165, 1.54) is 0 Å². The second-order valence-corrected chi connectivity index (χ2v) is 4.93. The molecule has 1 heterocycles. The van der Waals surface area contributed by atoms with E-state index in [1.54, 1.807) is 6.07 Å². The number of halogens is 3. The maximum Gasteiger partial charge on any atom is 0.137 e. The second-order valence-electron chi connectivity index (χ2n) is 3.73. The molecule has 1 nitrogen and oxygen atoms in total. The molecule has 0 saturated heterocycles. The summed E-state index contributed by atoms with van der Waals surface area (Å²) in [7, 11) is 0. The first-order valence-electron chi connectivity index (χ1n) is 5.00. The van der Waals surface area contributed by atoms with E-state index in [2.05, 4.69) is 4.98 Å². The largest absolute Gasteiger partial charge is 0.234 e. The van der Waals surface area contributed by atoms with Gasteiger partial charge in [0.15, 0.2) is 0 Å². The Kier molecular flexibility index (Phi) is 2.62. The third kappa shape index (κ3) is 1.75. The molecule has 0 spiro atoms. The van der Waals surface area contributed by atoms with Crippen molar-refractivity contribution in [3.05, 3.63) is 51.6 Å². The standard InChI is InChI=1S/C13H6Cl3N/c14-7-5-10-8-3-1-2-4-9(8)13(16)17-12(10)11(15)6-7/h1-6H. The molecule has 0 fully saturated rings. The highest BCUT2D eigenvalue weighted by molar-refractivity contribution is 6.41. The summed E-state index contributed by atoms with van der Waals surface area (Å²) in [6.07, 6.45) is 0. The Morgan fingerprint density at radius 2 is 1.53 bits per heavy atom. The van der Waals surface area contributed by atoms with Gasteiger partial charge >= 0.3 is 0 Å². The molecule has 0 aliphatic rings. The summed E-state index contributed by atoms with van der Waals surface area (Å²) in [5.74, 6) is 0. The summed E-state index contributed by atoms with van der Waals surface area (Å²) in [5, 5.41) is 4.39. The molecule has 0 aliphatic heterocycles. The minimum atomic E-state index is 0.456. The van der Waals surface area contributed by atoms with E-state index < -0.39 is 0 Å². The van der Waals surface area contributed by atoms with Crippen molar-refractivity contribution in [2.75, 3.05) is 0 Å². The van der Waals surface area contributed by atoms with E-state index in [4.69, 9.17) is 34.8 Å². The predicted octanol–water partition coefficient (Wildman–Crippen LogP) is 5.35. The van der Waals surface area contributed by atoms with Gasteiger partial charge in [-0.2, -0.15) is 0 Å². The monoisotopic (exact) mass is 281 g/mol. The third-order valence-electron chi connectivity index (χ3n) is 2.68. The van der Waals surface area contributed by atoms with Crippen LogP contribution < -0.4 is 0 Å². The highest BCUT2D eigenvalue weighted by Crippen LogP contribution is 2.34. The Bertz CT molecular complexity index is 737. The number of hydrogen-bond donors (Lipinski definition) is 0. The SMILES string of the molecule is Clc1cc(Cl)c2nc(Cl)c3ccccc3c2c1. The zero-order chi connectivity index (χ0) is 12.0. The van der Waals surface area contributed by atoms with Crippen LogP contribution in [0.5, 0.6) is 0 Å². The first-order chi connectivity index (χ1) is 8.16. The van der Waals surface area contributed by atoms with Crippen molar-refractivity contribution in [1.82, 2.24) is 4.98 Å². The molecule has 2 aromatic carbocycles. The van der Waals surface area contributed by atoms with E-state index in [0.717, 1.165) is 16.2 Å². The smallest absolute Gasteiger partial charge is 0.137 e. The van der Waals surface area contributed by atoms with Gasteiger partial charge in [0.2, 0.25) is 0 Å². The van der Waals surface area contributed by atoms with Crippen molar-refractivity contribution in [3.63, 3.8) is 0 Å². The Labute approximate surface area is 113 Å². The second kappa shape index (κ2) is 4.02. The van der Waals surface area contributed by atoms with Gasteiger partial charge in [0, 0.05) is 15.8 Å². The van der Waals surface area contributed by atoms with E-state index in [0.29, 0.717) is 20.7 Å². The first-order valence-corrected chi connectivity index (χ1v) is 6.13. The molecule has 0 aliphatic carbocycles. The number of rotatable bonds is 0. The summed E-state index contributed by atoms with van der Waals surface area (Å²) in [6.45, 7) is 0. The van der Waals surface area contributed by atoms with Gasteiger partial charge < -0.3 is 0 Å². The maximum atomic E-state index is 6.15. The van der Waals surface area contributed by atoms with E-state index in [9.17, 15) is 0 Å². The first kappa shape index (κ1) is 11.1. The lowest BCUT2D eigenvalue weighted by Crippen LogP contribution is -1.85. The Morgan fingerprint density at radius 1 is 0.824 bits per heavy atom. The van der Waals surface area contributed by atoms with Crippen LogP contribution in [0.1, 0.15) is 0 Å². The molecule has 0 bridgehead atoms. The summed E-state index contributed by atoms with van der Waals surface area (Å²) in [4.78, 5) is 4.32. The summed E-state index contributed by atoms with van der Waals surface area (Å²) < 4.78 is 0. The molecule has 17 heavy (non-hydrogen) atoms.